The lowest BCUT2D eigenvalue weighted by Gasteiger charge is -2.27. The summed E-state index contributed by atoms with van der Waals surface area (Å²) in [6.45, 7) is 11.2. The van der Waals surface area contributed by atoms with E-state index in [1.54, 1.807) is 6.92 Å². The van der Waals surface area contributed by atoms with Gasteiger partial charge in [0.25, 0.3) is 0 Å². The first-order valence-corrected chi connectivity index (χ1v) is 15.4. The molecule has 250 valence electrons. The molecule has 2 rings (SSSR count). The molecule has 9 N–H and O–H groups in total. The molecule has 15 nitrogen and oxygen atoms in total. The van der Waals surface area contributed by atoms with Crippen LogP contribution in [0.15, 0.2) is 25.0 Å². The van der Waals surface area contributed by atoms with Crippen LogP contribution in [0, 0.1) is 17.8 Å². The minimum Gasteiger partial charge on any atom is -0.480 e. The number of rotatable bonds is 19. The zero-order chi connectivity index (χ0) is 33.7. The third-order valence-corrected chi connectivity index (χ3v) is 7.40. The van der Waals surface area contributed by atoms with Crippen molar-refractivity contribution in [3.8, 4) is 0 Å². The van der Waals surface area contributed by atoms with Gasteiger partial charge in [-0.3, -0.25) is 19.2 Å². The first-order valence-electron chi connectivity index (χ1n) is 15.4. The highest BCUT2D eigenvalue weighted by atomic mass is 16.4. The Morgan fingerprint density at radius 2 is 1.18 bits per heavy atom. The van der Waals surface area contributed by atoms with E-state index in [2.05, 4.69) is 41.2 Å². The molecule has 0 spiro atoms. The molecule has 15 heteroatoms. The van der Waals surface area contributed by atoms with E-state index in [4.69, 9.17) is 5.73 Å². The van der Waals surface area contributed by atoms with Crippen LogP contribution in [0.1, 0.15) is 72.2 Å². The summed E-state index contributed by atoms with van der Waals surface area (Å²) in [5.74, 6) is -3.83. The molecule has 0 aromatic carbocycles. The average Bonchev–Trinajstić information content (AvgIpc) is 3.68. The Morgan fingerprint density at radius 1 is 0.733 bits per heavy atom. The molecule has 6 atom stereocenters. The van der Waals surface area contributed by atoms with Gasteiger partial charge in [-0.05, 0) is 30.6 Å². The van der Waals surface area contributed by atoms with Crippen LogP contribution in [0.3, 0.4) is 0 Å². The van der Waals surface area contributed by atoms with Gasteiger partial charge in [0.15, 0.2) is 0 Å². The normalized spacial score (nSPS) is 15.4. The Balaban J connectivity index is 2.32. The molecule has 2 aromatic heterocycles. The lowest BCUT2D eigenvalue weighted by atomic mass is 9.98. The standard InChI is InChI=1S/C30H49N9O6/c1-7-18(6)25(30(44)45)39-29(43)24(11-20-13-33-15-35-20)38-28(42)23(10-19-12-32-14-34-19)37-27(41)22(9-17(4)5)36-26(40)21(31)8-16(2)3/h12-18,21-25H,7-11,31H2,1-6H3,(H,32,34)(H,33,35)(H,36,40)(H,37,41)(H,38,42)(H,39,43)(H,44,45)/t18-,21-,22-,23-,24-,25-/m0/s1. The van der Waals surface area contributed by atoms with Crippen LogP contribution in [0.4, 0.5) is 0 Å². The van der Waals surface area contributed by atoms with Gasteiger partial charge < -0.3 is 42.1 Å². The van der Waals surface area contributed by atoms with Crippen molar-refractivity contribution in [2.75, 3.05) is 0 Å². The van der Waals surface area contributed by atoms with Crippen molar-refractivity contribution in [2.45, 2.75) is 104 Å². The maximum Gasteiger partial charge on any atom is 0.326 e. The number of aromatic nitrogens is 4. The van der Waals surface area contributed by atoms with E-state index in [9.17, 15) is 29.1 Å². The van der Waals surface area contributed by atoms with Crippen LogP contribution in [-0.2, 0) is 36.8 Å². The predicted octanol–water partition coefficient (Wildman–Crippen LogP) is 0.407. The van der Waals surface area contributed by atoms with Crippen molar-refractivity contribution in [3.05, 3.63) is 36.4 Å². The van der Waals surface area contributed by atoms with Crippen molar-refractivity contribution in [3.63, 3.8) is 0 Å². The van der Waals surface area contributed by atoms with Gasteiger partial charge in [-0.2, -0.15) is 0 Å². The Hall–Kier alpha value is -4.27. The van der Waals surface area contributed by atoms with Gasteiger partial charge in [0.1, 0.15) is 24.2 Å². The van der Waals surface area contributed by atoms with Crippen LogP contribution in [0.25, 0.3) is 0 Å². The molecule has 2 heterocycles. The molecule has 0 aliphatic rings. The minimum atomic E-state index is -1.20. The van der Waals surface area contributed by atoms with E-state index in [1.165, 1.54) is 25.0 Å². The third-order valence-electron chi connectivity index (χ3n) is 7.40. The highest BCUT2D eigenvalue weighted by molar-refractivity contribution is 5.95. The van der Waals surface area contributed by atoms with E-state index >= 15 is 0 Å². The molecule has 0 saturated heterocycles. The lowest BCUT2D eigenvalue weighted by Crippen LogP contribution is -2.59. The maximum absolute atomic E-state index is 13.8. The number of H-pyrrole nitrogens is 2. The second-order valence-electron chi connectivity index (χ2n) is 12.3. The average molecular weight is 632 g/mol. The number of carbonyl (C=O) groups excluding carboxylic acids is 4. The monoisotopic (exact) mass is 631 g/mol. The Morgan fingerprint density at radius 3 is 1.58 bits per heavy atom. The third kappa shape index (κ3) is 12.3. The smallest absolute Gasteiger partial charge is 0.326 e. The van der Waals surface area contributed by atoms with Crippen molar-refractivity contribution in [2.24, 2.45) is 23.5 Å². The number of nitrogens with zero attached hydrogens (tertiary/aromatic N) is 2. The highest BCUT2D eigenvalue weighted by Crippen LogP contribution is 2.11. The lowest BCUT2D eigenvalue weighted by molar-refractivity contribution is -0.143. The molecule has 0 bridgehead atoms. The van der Waals surface area contributed by atoms with Crippen LogP contribution < -0.4 is 27.0 Å². The first-order chi connectivity index (χ1) is 21.2. The Kier molecular flexibility index (Phi) is 14.7. The Bertz CT molecular complexity index is 1230. The summed E-state index contributed by atoms with van der Waals surface area (Å²) in [5, 5.41) is 20.4. The molecule has 0 fully saturated rings. The zero-order valence-electron chi connectivity index (χ0n) is 26.9. The number of nitrogens with one attached hydrogen (secondary N) is 6. The number of imidazole rings is 2. The molecule has 0 unspecified atom stereocenters. The molecule has 0 saturated carbocycles. The van der Waals surface area contributed by atoms with Crippen LogP contribution in [0.2, 0.25) is 0 Å². The van der Waals surface area contributed by atoms with Crippen molar-refractivity contribution < 1.29 is 29.1 Å². The fourth-order valence-electron chi connectivity index (χ4n) is 4.73. The van der Waals surface area contributed by atoms with E-state index in [0.29, 0.717) is 30.7 Å². The number of carboxylic acids is 1. The molecule has 0 aliphatic carbocycles. The summed E-state index contributed by atoms with van der Waals surface area (Å²) in [4.78, 5) is 79.2. The van der Waals surface area contributed by atoms with E-state index in [1.807, 2.05) is 34.6 Å². The van der Waals surface area contributed by atoms with E-state index < -0.39 is 59.8 Å². The van der Waals surface area contributed by atoms with Crippen LogP contribution >= 0.6 is 0 Å². The quantitative estimate of drug-likeness (QED) is 0.107. The van der Waals surface area contributed by atoms with E-state index in [-0.39, 0.29) is 30.6 Å². The molecule has 0 aliphatic heterocycles. The number of amides is 4. The molecule has 0 radical (unpaired) electrons. The SMILES string of the molecule is CC[C@H](C)[C@H](NC(=O)[C@H](Cc1cnc[nH]1)NC(=O)[C@H](Cc1cnc[nH]1)NC(=O)[C@H](CC(C)C)NC(=O)[C@@H](N)CC(C)C)C(=O)O. The van der Waals surface area contributed by atoms with Crippen LogP contribution in [0.5, 0.6) is 0 Å². The molecular weight excluding hydrogens is 582 g/mol. The number of hydrogen-bond acceptors (Lipinski definition) is 8. The highest BCUT2D eigenvalue weighted by Gasteiger charge is 2.33. The minimum absolute atomic E-state index is 0.00417. The van der Waals surface area contributed by atoms with Gasteiger partial charge in [0.2, 0.25) is 23.6 Å². The summed E-state index contributed by atoms with van der Waals surface area (Å²) in [6.07, 6.45) is 7.05. The molecule has 4 amide bonds. The zero-order valence-corrected chi connectivity index (χ0v) is 26.9. The summed E-state index contributed by atoms with van der Waals surface area (Å²) >= 11 is 0. The van der Waals surface area contributed by atoms with Crippen molar-refractivity contribution in [1.82, 2.24) is 41.2 Å². The number of aromatic amines is 2. The largest absolute Gasteiger partial charge is 0.480 e. The van der Waals surface area contributed by atoms with Crippen LogP contribution in [-0.4, -0.2) is 84.8 Å². The van der Waals surface area contributed by atoms with E-state index in [0.717, 1.165) is 0 Å². The topological polar surface area (TPSA) is 237 Å². The number of hydrogen-bond donors (Lipinski definition) is 8. The predicted molar refractivity (Wildman–Crippen MR) is 166 cm³/mol. The fourth-order valence-corrected chi connectivity index (χ4v) is 4.73. The second-order valence-corrected chi connectivity index (χ2v) is 12.3. The number of carboxylic acid groups (broad SMARTS) is 1. The van der Waals surface area contributed by atoms with Gasteiger partial charge in [-0.1, -0.05) is 48.0 Å². The van der Waals surface area contributed by atoms with Gasteiger partial charge in [0.05, 0.1) is 18.7 Å². The summed E-state index contributed by atoms with van der Waals surface area (Å²) in [5.41, 5.74) is 7.12. The summed E-state index contributed by atoms with van der Waals surface area (Å²) < 4.78 is 0. The van der Waals surface area contributed by atoms with Gasteiger partial charge >= 0.3 is 5.97 Å². The van der Waals surface area contributed by atoms with Crippen molar-refractivity contribution >= 4 is 29.6 Å². The number of nitrogens with two attached hydrogens (primary N) is 1. The Labute approximate surface area is 263 Å². The number of carbonyl (C=O) groups is 5. The summed E-state index contributed by atoms with van der Waals surface area (Å²) in [6, 6.07) is -5.33. The molecule has 45 heavy (non-hydrogen) atoms. The maximum atomic E-state index is 13.8. The second kappa shape index (κ2) is 17.9. The molecule has 2 aromatic rings. The number of aliphatic carboxylic acids is 1. The van der Waals surface area contributed by atoms with Gasteiger partial charge in [0, 0.05) is 36.6 Å². The fraction of sp³-hybridized carbons (Fsp3) is 0.633. The van der Waals surface area contributed by atoms with Gasteiger partial charge in [-0.15, -0.1) is 0 Å². The van der Waals surface area contributed by atoms with Gasteiger partial charge in [-0.25, -0.2) is 14.8 Å². The first kappa shape index (κ1) is 36.9. The summed E-state index contributed by atoms with van der Waals surface area (Å²) in [7, 11) is 0. The molecular formula is C30H49N9O6. The van der Waals surface area contributed by atoms with Crippen molar-refractivity contribution in [1.29, 1.82) is 0 Å².